The van der Waals surface area contributed by atoms with Crippen LogP contribution in [0.15, 0.2) is 29.4 Å². The predicted molar refractivity (Wildman–Crippen MR) is 71.1 cm³/mol. The number of urea groups is 1. The molecule has 0 bridgehead atoms. The van der Waals surface area contributed by atoms with Gasteiger partial charge in [0.1, 0.15) is 0 Å². The molecule has 18 heavy (non-hydrogen) atoms. The Balaban J connectivity index is 2.71. The van der Waals surface area contributed by atoms with E-state index in [0.717, 1.165) is 0 Å². The number of hydrogen-bond acceptors (Lipinski definition) is 3. The van der Waals surface area contributed by atoms with Gasteiger partial charge in [0.05, 0.1) is 6.04 Å². The maximum absolute atomic E-state index is 11.9. The number of benzene rings is 1. The molecule has 2 amide bonds. The number of carbonyl (C=O) groups is 1. The smallest absolute Gasteiger partial charge is 0.322 e. The summed E-state index contributed by atoms with van der Waals surface area (Å²) in [6.07, 6.45) is 0. The van der Waals surface area contributed by atoms with Crippen LogP contribution in [0.25, 0.3) is 0 Å². The van der Waals surface area contributed by atoms with E-state index in [4.69, 9.17) is 22.5 Å². The Morgan fingerprint density at radius 1 is 1.61 bits per heavy atom. The lowest BCUT2D eigenvalue weighted by molar-refractivity contribution is 0.217. The van der Waals surface area contributed by atoms with Crippen molar-refractivity contribution < 1.29 is 10.0 Å². The van der Waals surface area contributed by atoms with Gasteiger partial charge in [0.15, 0.2) is 5.84 Å². The van der Waals surface area contributed by atoms with Crippen LogP contribution in [0.3, 0.4) is 0 Å². The van der Waals surface area contributed by atoms with Crippen LogP contribution in [0.4, 0.5) is 10.5 Å². The monoisotopic (exact) mass is 270 g/mol. The minimum absolute atomic E-state index is 0.0428. The van der Waals surface area contributed by atoms with Crippen molar-refractivity contribution in [1.82, 2.24) is 4.90 Å². The molecule has 0 radical (unpaired) electrons. The van der Waals surface area contributed by atoms with E-state index in [1.807, 2.05) is 0 Å². The van der Waals surface area contributed by atoms with E-state index in [0.29, 0.717) is 10.7 Å². The quantitative estimate of drug-likeness (QED) is 0.339. The van der Waals surface area contributed by atoms with Gasteiger partial charge in [0.25, 0.3) is 0 Å². The van der Waals surface area contributed by atoms with Crippen LogP contribution < -0.4 is 11.1 Å². The van der Waals surface area contributed by atoms with E-state index in [1.54, 1.807) is 38.2 Å². The number of nitrogens with zero attached hydrogens (tertiary/aromatic N) is 2. The maximum atomic E-state index is 11.9. The molecular formula is C11H15ClN4O2. The molecule has 1 unspecified atom stereocenters. The Labute approximate surface area is 110 Å². The number of nitrogens with two attached hydrogens (primary N) is 1. The van der Waals surface area contributed by atoms with Gasteiger partial charge in [-0.15, -0.1) is 0 Å². The summed E-state index contributed by atoms with van der Waals surface area (Å²) in [7, 11) is 1.54. The number of anilines is 1. The lowest BCUT2D eigenvalue weighted by atomic mass is 10.3. The summed E-state index contributed by atoms with van der Waals surface area (Å²) in [5.41, 5.74) is 6.00. The van der Waals surface area contributed by atoms with E-state index < -0.39 is 6.04 Å². The maximum Gasteiger partial charge on any atom is 0.322 e. The number of amidine groups is 1. The van der Waals surface area contributed by atoms with Gasteiger partial charge in [0, 0.05) is 17.8 Å². The van der Waals surface area contributed by atoms with Gasteiger partial charge in [-0.2, -0.15) is 0 Å². The highest BCUT2D eigenvalue weighted by atomic mass is 35.5. The molecule has 0 aromatic heterocycles. The van der Waals surface area contributed by atoms with Crippen LogP contribution >= 0.6 is 11.6 Å². The lowest BCUT2D eigenvalue weighted by Crippen LogP contribution is -2.45. The molecule has 0 fully saturated rings. The van der Waals surface area contributed by atoms with Crippen molar-refractivity contribution in [2.45, 2.75) is 13.0 Å². The van der Waals surface area contributed by atoms with Crippen molar-refractivity contribution >= 4 is 29.2 Å². The Kier molecular flexibility index (Phi) is 4.79. The summed E-state index contributed by atoms with van der Waals surface area (Å²) in [6.45, 7) is 1.65. The van der Waals surface area contributed by atoms with Crippen LogP contribution in [-0.4, -0.2) is 35.1 Å². The standard InChI is InChI=1S/C11H15ClN4O2/c1-7(10(13)15-18)16(2)11(17)14-9-5-3-4-8(12)6-9/h3-7,18H,1-2H3,(H2,13,15)(H,14,17). The Bertz CT molecular complexity index is 464. The first kappa shape index (κ1) is 14.1. The molecule has 7 heteroatoms. The summed E-state index contributed by atoms with van der Waals surface area (Å²) in [4.78, 5) is 13.2. The first-order valence-electron chi connectivity index (χ1n) is 5.22. The lowest BCUT2D eigenvalue weighted by Gasteiger charge is -2.24. The normalized spacial score (nSPS) is 12.9. The van der Waals surface area contributed by atoms with E-state index in [2.05, 4.69) is 10.5 Å². The van der Waals surface area contributed by atoms with Crippen LogP contribution in [0.5, 0.6) is 0 Å². The van der Waals surface area contributed by atoms with E-state index >= 15 is 0 Å². The average molecular weight is 271 g/mol. The molecule has 6 nitrogen and oxygen atoms in total. The summed E-state index contributed by atoms with van der Waals surface area (Å²) in [5, 5.41) is 14.6. The van der Waals surface area contributed by atoms with Crippen LogP contribution in [0.1, 0.15) is 6.92 Å². The predicted octanol–water partition coefficient (Wildman–Crippen LogP) is 1.94. The molecule has 0 saturated heterocycles. The third kappa shape index (κ3) is 3.53. The molecule has 0 aliphatic carbocycles. The number of amides is 2. The first-order chi connectivity index (χ1) is 8.45. The fourth-order valence-corrected chi connectivity index (χ4v) is 1.43. The molecular weight excluding hydrogens is 256 g/mol. The van der Waals surface area contributed by atoms with Crippen molar-refractivity contribution in [2.75, 3.05) is 12.4 Å². The largest absolute Gasteiger partial charge is 0.409 e. The molecule has 0 spiro atoms. The van der Waals surface area contributed by atoms with E-state index in [9.17, 15) is 4.79 Å². The Morgan fingerprint density at radius 3 is 2.83 bits per heavy atom. The Hall–Kier alpha value is -1.95. The van der Waals surface area contributed by atoms with Gasteiger partial charge < -0.3 is 21.2 Å². The van der Waals surface area contributed by atoms with Crippen molar-refractivity contribution in [3.05, 3.63) is 29.3 Å². The van der Waals surface area contributed by atoms with Crippen LogP contribution in [0.2, 0.25) is 5.02 Å². The summed E-state index contributed by atoms with van der Waals surface area (Å²) in [6, 6.07) is 5.88. The minimum Gasteiger partial charge on any atom is -0.409 e. The van der Waals surface area contributed by atoms with Gasteiger partial charge in [-0.25, -0.2) is 4.79 Å². The molecule has 0 aliphatic heterocycles. The molecule has 1 aromatic carbocycles. The number of rotatable bonds is 3. The highest BCUT2D eigenvalue weighted by Crippen LogP contribution is 2.15. The molecule has 1 rings (SSSR count). The van der Waals surface area contributed by atoms with Crippen LogP contribution in [-0.2, 0) is 0 Å². The molecule has 1 atom stereocenters. The second-order valence-electron chi connectivity index (χ2n) is 3.75. The van der Waals surface area contributed by atoms with Gasteiger partial charge in [-0.1, -0.05) is 22.8 Å². The fraction of sp³-hybridized carbons (Fsp3) is 0.273. The zero-order valence-electron chi connectivity index (χ0n) is 10.1. The molecule has 98 valence electrons. The van der Waals surface area contributed by atoms with Gasteiger partial charge >= 0.3 is 6.03 Å². The fourth-order valence-electron chi connectivity index (χ4n) is 1.24. The van der Waals surface area contributed by atoms with Gasteiger partial charge in [-0.05, 0) is 25.1 Å². The van der Waals surface area contributed by atoms with Crippen molar-refractivity contribution in [1.29, 1.82) is 0 Å². The zero-order chi connectivity index (χ0) is 13.7. The van der Waals surface area contributed by atoms with Gasteiger partial charge in [-0.3, -0.25) is 0 Å². The molecule has 1 aromatic rings. The number of oxime groups is 1. The second kappa shape index (κ2) is 6.11. The molecule has 0 saturated carbocycles. The van der Waals surface area contributed by atoms with Gasteiger partial charge in [0.2, 0.25) is 0 Å². The van der Waals surface area contributed by atoms with Crippen LogP contribution in [0, 0.1) is 0 Å². The topological polar surface area (TPSA) is 91.0 Å². The molecule has 0 heterocycles. The Morgan fingerprint density at radius 2 is 2.28 bits per heavy atom. The number of likely N-dealkylation sites (N-methyl/N-ethyl adjacent to an activating group) is 1. The summed E-state index contributed by atoms with van der Waals surface area (Å²) < 4.78 is 0. The highest BCUT2D eigenvalue weighted by molar-refractivity contribution is 6.30. The zero-order valence-corrected chi connectivity index (χ0v) is 10.8. The van der Waals surface area contributed by atoms with E-state index in [-0.39, 0.29) is 11.9 Å². The van der Waals surface area contributed by atoms with E-state index in [1.165, 1.54) is 4.90 Å². The highest BCUT2D eigenvalue weighted by Gasteiger charge is 2.19. The van der Waals surface area contributed by atoms with Crippen molar-refractivity contribution in [3.8, 4) is 0 Å². The number of halogens is 1. The average Bonchev–Trinajstić information content (AvgIpc) is 2.36. The summed E-state index contributed by atoms with van der Waals surface area (Å²) >= 11 is 5.81. The molecule has 0 aliphatic rings. The second-order valence-corrected chi connectivity index (χ2v) is 4.19. The molecule has 4 N–H and O–H groups in total. The first-order valence-corrected chi connectivity index (χ1v) is 5.60. The summed E-state index contributed by atoms with van der Waals surface area (Å²) in [5.74, 6) is -0.0428. The minimum atomic E-state index is -0.519. The van der Waals surface area contributed by atoms with Crippen molar-refractivity contribution in [3.63, 3.8) is 0 Å². The number of carbonyl (C=O) groups excluding carboxylic acids is 1. The number of hydrogen-bond donors (Lipinski definition) is 3. The number of nitrogens with one attached hydrogen (secondary N) is 1. The van der Waals surface area contributed by atoms with Crippen molar-refractivity contribution in [2.24, 2.45) is 10.9 Å². The third-order valence-electron chi connectivity index (χ3n) is 2.52. The SMILES string of the molecule is CC(C(N)=NO)N(C)C(=O)Nc1cccc(Cl)c1. The third-order valence-corrected chi connectivity index (χ3v) is 2.76.